The van der Waals surface area contributed by atoms with E-state index in [0.717, 1.165) is 12.8 Å². The van der Waals surface area contributed by atoms with Crippen LogP contribution in [0.15, 0.2) is 55.2 Å². The maximum Gasteiger partial charge on any atom is 0.248 e. The number of nitrogens with zero attached hydrogens (tertiary/aromatic N) is 2. The molecule has 3 aromatic rings. The first kappa shape index (κ1) is 24.0. The second-order valence-electron chi connectivity index (χ2n) is 8.31. The molecule has 0 aliphatic heterocycles. The van der Waals surface area contributed by atoms with Crippen molar-refractivity contribution < 1.29 is 13.9 Å². The molecule has 5 nitrogen and oxygen atoms in total. The third-order valence-corrected chi connectivity index (χ3v) is 6.71. The van der Waals surface area contributed by atoms with Gasteiger partial charge in [0.1, 0.15) is 5.82 Å². The number of hydrogen-bond acceptors (Lipinski definition) is 4. The van der Waals surface area contributed by atoms with Crippen LogP contribution < -0.4 is 15.4 Å². The van der Waals surface area contributed by atoms with Gasteiger partial charge < -0.3 is 15.4 Å². The average Bonchev–Trinajstić information content (AvgIpc) is 2.77. The van der Waals surface area contributed by atoms with E-state index in [-0.39, 0.29) is 10.6 Å². The molecule has 1 aliphatic carbocycles. The predicted molar refractivity (Wildman–Crippen MR) is 135 cm³/mol. The normalized spacial score (nSPS) is 13.3. The van der Waals surface area contributed by atoms with Gasteiger partial charge in [0, 0.05) is 40.7 Å². The van der Waals surface area contributed by atoms with Crippen LogP contribution in [-0.2, 0) is 0 Å². The molecule has 0 atom stereocenters. The second kappa shape index (κ2) is 10.0. The summed E-state index contributed by atoms with van der Waals surface area (Å²) in [4.78, 5) is 17.9. The van der Waals surface area contributed by atoms with Crippen LogP contribution >= 0.6 is 23.2 Å². The summed E-state index contributed by atoms with van der Waals surface area (Å²) < 4.78 is 20.7. The minimum Gasteiger partial charge on any atom is -0.489 e. The molecular formula is C26H24Cl2FN3O2. The highest BCUT2D eigenvalue weighted by atomic mass is 35.5. The Morgan fingerprint density at radius 3 is 2.65 bits per heavy atom. The van der Waals surface area contributed by atoms with Crippen molar-refractivity contribution in [2.24, 2.45) is 11.7 Å². The minimum absolute atomic E-state index is 0.194. The molecule has 8 heteroatoms. The summed E-state index contributed by atoms with van der Waals surface area (Å²) in [6, 6.07) is 11.1. The molecule has 2 N–H and O–H groups in total. The predicted octanol–water partition coefficient (Wildman–Crippen LogP) is 6.58. The van der Waals surface area contributed by atoms with Gasteiger partial charge in [-0.15, -0.1) is 0 Å². The Labute approximate surface area is 208 Å². The van der Waals surface area contributed by atoms with E-state index in [1.54, 1.807) is 54.5 Å². The highest BCUT2D eigenvalue weighted by molar-refractivity contribution is 6.33. The van der Waals surface area contributed by atoms with Crippen molar-refractivity contribution in [1.82, 2.24) is 4.98 Å². The first-order valence-electron chi connectivity index (χ1n) is 10.9. The van der Waals surface area contributed by atoms with Crippen molar-refractivity contribution >= 4 is 40.6 Å². The molecule has 0 unspecified atom stereocenters. The molecule has 34 heavy (non-hydrogen) atoms. The molecule has 0 spiro atoms. The van der Waals surface area contributed by atoms with E-state index >= 15 is 0 Å². The Bertz CT molecular complexity index is 1240. The number of aromatic nitrogens is 1. The van der Waals surface area contributed by atoms with Crippen molar-refractivity contribution in [1.29, 1.82) is 0 Å². The van der Waals surface area contributed by atoms with Crippen molar-refractivity contribution in [2.45, 2.75) is 19.3 Å². The molecule has 2 aromatic carbocycles. The van der Waals surface area contributed by atoms with Gasteiger partial charge in [-0.3, -0.25) is 4.79 Å². The second-order valence-corrected chi connectivity index (χ2v) is 9.13. The summed E-state index contributed by atoms with van der Waals surface area (Å²) in [5.41, 5.74) is 7.56. The quantitative estimate of drug-likeness (QED) is 0.380. The van der Waals surface area contributed by atoms with E-state index < -0.39 is 11.7 Å². The van der Waals surface area contributed by atoms with Gasteiger partial charge in [0.25, 0.3) is 0 Å². The molecule has 0 radical (unpaired) electrons. The Morgan fingerprint density at radius 1 is 1.24 bits per heavy atom. The first-order chi connectivity index (χ1) is 16.3. The third kappa shape index (κ3) is 4.88. The van der Waals surface area contributed by atoms with Gasteiger partial charge in [-0.25, -0.2) is 9.37 Å². The van der Waals surface area contributed by atoms with Crippen LogP contribution in [0.3, 0.4) is 0 Å². The lowest BCUT2D eigenvalue weighted by molar-refractivity contribution is 0.100. The van der Waals surface area contributed by atoms with Gasteiger partial charge in [0.05, 0.1) is 17.2 Å². The van der Waals surface area contributed by atoms with Crippen molar-refractivity contribution in [2.75, 3.05) is 18.6 Å². The SMILES string of the molecule is C=C(c1c(F)cccc1Cl)N(C)c1ncc(-c2cc(C(N)=O)ccc2Cl)cc1OCC1CCC1. The summed E-state index contributed by atoms with van der Waals surface area (Å²) in [5.74, 6) is 0.387. The van der Waals surface area contributed by atoms with Crippen LogP contribution in [0.4, 0.5) is 10.2 Å². The fourth-order valence-electron chi connectivity index (χ4n) is 3.78. The van der Waals surface area contributed by atoms with Crippen LogP contribution in [0.1, 0.15) is 35.2 Å². The van der Waals surface area contributed by atoms with E-state index in [1.807, 2.05) is 0 Å². The van der Waals surface area contributed by atoms with Gasteiger partial charge in [-0.05, 0) is 55.2 Å². The molecule has 1 aliphatic rings. The molecule has 1 amide bonds. The van der Waals surface area contributed by atoms with E-state index in [9.17, 15) is 9.18 Å². The number of benzene rings is 2. The lowest BCUT2D eigenvalue weighted by atomic mass is 9.86. The molecule has 1 heterocycles. The summed E-state index contributed by atoms with van der Waals surface area (Å²) in [6.07, 6.45) is 5.03. The number of carbonyl (C=O) groups excluding carboxylic acids is 1. The number of primary amides is 1. The van der Waals surface area contributed by atoms with Gasteiger partial charge in [0.15, 0.2) is 11.6 Å². The van der Waals surface area contributed by atoms with Crippen LogP contribution in [0.25, 0.3) is 16.8 Å². The number of halogens is 3. The third-order valence-electron chi connectivity index (χ3n) is 6.07. The molecule has 176 valence electrons. The van der Waals surface area contributed by atoms with Crippen molar-refractivity contribution in [3.8, 4) is 16.9 Å². The fraction of sp³-hybridized carbons (Fsp3) is 0.231. The zero-order valence-electron chi connectivity index (χ0n) is 18.7. The lowest BCUT2D eigenvalue weighted by Gasteiger charge is -2.28. The fourth-order valence-corrected chi connectivity index (χ4v) is 4.28. The molecule has 4 rings (SSSR count). The molecule has 1 fully saturated rings. The zero-order chi connectivity index (χ0) is 24.4. The topological polar surface area (TPSA) is 68.5 Å². The van der Waals surface area contributed by atoms with Crippen LogP contribution in [-0.4, -0.2) is 24.5 Å². The Hall–Kier alpha value is -3.09. The van der Waals surface area contributed by atoms with E-state index in [2.05, 4.69) is 11.6 Å². The largest absolute Gasteiger partial charge is 0.489 e. The van der Waals surface area contributed by atoms with Gasteiger partial charge >= 0.3 is 0 Å². The summed E-state index contributed by atoms with van der Waals surface area (Å²) in [7, 11) is 1.73. The Kier molecular flexibility index (Phi) is 7.10. The van der Waals surface area contributed by atoms with Crippen LogP contribution in [0, 0.1) is 11.7 Å². The van der Waals surface area contributed by atoms with E-state index in [4.69, 9.17) is 33.7 Å². The standard InChI is InChI=1S/C26H24Cl2FN3O2/c1-15(24-21(28)7-4-8-22(24)29)32(2)26-23(34-14-16-5-3-6-16)12-18(13-31-26)19-11-17(25(30)33)9-10-20(19)27/h4,7-13,16H,1,3,5-6,14H2,2H3,(H2,30,33). The number of ether oxygens (including phenoxy) is 1. The average molecular weight is 500 g/mol. The number of carbonyl (C=O) groups is 1. The highest BCUT2D eigenvalue weighted by Crippen LogP contribution is 2.38. The molecule has 0 saturated heterocycles. The smallest absolute Gasteiger partial charge is 0.248 e. The van der Waals surface area contributed by atoms with E-state index in [1.165, 1.54) is 12.5 Å². The number of anilines is 1. The molecular weight excluding hydrogens is 476 g/mol. The highest BCUT2D eigenvalue weighted by Gasteiger charge is 2.23. The van der Waals surface area contributed by atoms with Crippen molar-refractivity contribution in [3.05, 3.63) is 82.2 Å². The first-order valence-corrected chi connectivity index (χ1v) is 11.6. The molecule has 0 bridgehead atoms. The lowest BCUT2D eigenvalue weighted by Crippen LogP contribution is -2.22. The number of amides is 1. The number of pyridine rings is 1. The van der Waals surface area contributed by atoms with E-state index in [0.29, 0.717) is 51.5 Å². The summed E-state index contributed by atoms with van der Waals surface area (Å²) in [6.45, 7) is 4.58. The number of nitrogens with two attached hydrogens (primary N) is 1. The van der Waals surface area contributed by atoms with Crippen molar-refractivity contribution in [3.63, 3.8) is 0 Å². The summed E-state index contributed by atoms with van der Waals surface area (Å²) >= 11 is 12.7. The van der Waals surface area contributed by atoms with Crippen LogP contribution in [0.2, 0.25) is 10.0 Å². The Balaban J connectivity index is 1.74. The monoisotopic (exact) mass is 499 g/mol. The van der Waals surface area contributed by atoms with Crippen LogP contribution in [0.5, 0.6) is 5.75 Å². The number of hydrogen-bond donors (Lipinski definition) is 1. The van der Waals surface area contributed by atoms with Gasteiger partial charge in [-0.2, -0.15) is 0 Å². The zero-order valence-corrected chi connectivity index (χ0v) is 20.2. The summed E-state index contributed by atoms with van der Waals surface area (Å²) in [5, 5.41) is 0.695. The number of rotatable bonds is 8. The molecule has 1 aromatic heterocycles. The van der Waals surface area contributed by atoms with Gasteiger partial charge in [0.2, 0.25) is 5.91 Å². The molecule has 1 saturated carbocycles. The maximum atomic E-state index is 14.5. The minimum atomic E-state index is -0.554. The maximum absolute atomic E-state index is 14.5. The Morgan fingerprint density at radius 2 is 2.00 bits per heavy atom. The van der Waals surface area contributed by atoms with Gasteiger partial charge in [-0.1, -0.05) is 42.3 Å².